The summed E-state index contributed by atoms with van der Waals surface area (Å²) in [5.74, 6) is 0. The molecule has 0 aliphatic heterocycles. The molecular formula is C9H7ClN2O. The van der Waals surface area contributed by atoms with Crippen molar-refractivity contribution in [1.29, 1.82) is 0 Å². The largest absolute Gasteiger partial charge is 0.351 e. The number of primary amides is 1. The second-order valence-electron chi connectivity index (χ2n) is 2.70. The van der Waals surface area contributed by atoms with E-state index in [4.69, 9.17) is 17.3 Å². The first-order chi connectivity index (χ1) is 6.20. The fraction of sp³-hybridized carbons (Fsp3) is 0. The summed E-state index contributed by atoms with van der Waals surface area (Å²) in [6, 6.07) is 8.53. The summed E-state index contributed by atoms with van der Waals surface area (Å²) in [4.78, 5) is 11.0. The van der Waals surface area contributed by atoms with E-state index >= 15 is 0 Å². The van der Waals surface area contributed by atoms with Gasteiger partial charge in [-0.3, -0.25) is 4.57 Å². The number of hydrogen-bond acceptors (Lipinski definition) is 1. The molecule has 4 heteroatoms. The molecule has 1 amide bonds. The predicted molar refractivity (Wildman–Crippen MR) is 51.9 cm³/mol. The summed E-state index contributed by atoms with van der Waals surface area (Å²) >= 11 is 5.82. The molecule has 2 N–H and O–H groups in total. The zero-order valence-electron chi connectivity index (χ0n) is 6.70. The number of fused-ring (bicyclic) bond motifs is 1. The lowest BCUT2D eigenvalue weighted by atomic mass is 10.2. The Kier molecular flexibility index (Phi) is 1.74. The molecule has 2 rings (SSSR count). The van der Waals surface area contributed by atoms with Gasteiger partial charge in [-0.2, -0.15) is 0 Å². The number of para-hydroxylation sites is 1. The van der Waals surface area contributed by atoms with E-state index in [9.17, 15) is 4.79 Å². The lowest BCUT2D eigenvalue weighted by Gasteiger charge is -1.99. The first-order valence-electron chi connectivity index (χ1n) is 3.76. The summed E-state index contributed by atoms with van der Waals surface area (Å²) < 4.78 is 1.27. The average molecular weight is 195 g/mol. The fourth-order valence-electron chi connectivity index (χ4n) is 1.35. The van der Waals surface area contributed by atoms with Crippen molar-refractivity contribution >= 4 is 28.5 Å². The van der Waals surface area contributed by atoms with Crippen molar-refractivity contribution in [2.75, 3.05) is 0 Å². The third-order valence-corrected chi connectivity index (χ3v) is 2.16. The molecule has 0 atom stereocenters. The van der Waals surface area contributed by atoms with E-state index in [2.05, 4.69) is 0 Å². The molecular weight excluding hydrogens is 188 g/mol. The lowest BCUT2D eigenvalue weighted by Crippen LogP contribution is -2.18. The highest BCUT2D eigenvalue weighted by atomic mass is 35.5. The lowest BCUT2D eigenvalue weighted by molar-refractivity contribution is 0.251. The van der Waals surface area contributed by atoms with Crippen LogP contribution >= 0.6 is 11.6 Å². The fourth-order valence-corrected chi connectivity index (χ4v) is 1.64. The summed E-state index contributed by atoms with van der Waals surface area (Å²) in [5, 5.41) is 1.25. The maximum Gasteiger partial charge on any atom is 0.324 e. The zero-order valence-corrected chi connectivity index (χ0v) is 7.45. The topological polar surface area (TPSA) is 48.0 Å². The first-order valence-corrected chi connectivity index (χ1v) is 4.14. The number of aromatic nitrogens is 1. The Bertz CT molecular complexity index is 475. The van der Waals surface area contributed by atoms with Gasteiger partial charge in [-0.1, -0.05) is 29.8 Å². The van der Waals surface area contributed by atoms with Crippen LogP contribution in [0.15, 0.2) is 30.3 Å². The van der Waals surface area contributed by atoms with Crippen LogP contribution in [0, 0.1) is 0 Å². The Balaban J connectivity index is 2.86. The Morgan fingerprint density at radius 2 is 2.08 bits per heavy atom. The number of hydrogen-bond donors (Lipinski definition) is 1. The van der Waals surface area contributed by atoms with Crippen LogP contribution in [-0.2, 0) is 0 Å². The Morgan fingerprint density at radius 1 is 1.38 bits per heavy atom. The number of halogens is 1. The molecule has 0 saturated heterocycles. The third kappa shape index (κ3) is 1.17. The van der Waals surface area contributed by atoms with Crippen molar-refractivity contribution in [2.24, 2.45) is 5.73 Å². The predicted octanol–water partition coefficient (Wildman–Crippen LogP) is 2.22. The summed E-state index contributed by atoms with van der Waals surface area (Å²) in [7, 11) is 0. The minimum atomic E-state index is -0.564. The van der Waals surface area contributed by atoms with E-state index in [1.807, 2.05) is 18.2 Å². The highest BCUT2D eigenvalue weighted by Gasteiger charge is 2.09. The highest BCUT2D eigenvalue weighted by molar-refractivity contribution is 6.32. The Hall–Kier alpha value is -1.48. The third-order valence-electron chi connectivity index (χ3n) is 1.89. The van der Waals surface area contributed by atoms with Gasteiger partial charge >= 0.3 is 6.03 Å². The van der Waals surface area contributed by atoms with Crippen LogP contribution in [-0.4, -0.2) is 10.6 Å². The van der Waals surface area contributed by atoms with Gasteiger partial charge < -0.3 is 5.73 Å². The van der Waals surface area contributed by atoms with E-state index in [0.29, 0.717) is 5.15 Å². The van der Waals surface area contributed by atoms with Gasteiger partial charge in [0.05, 0.1) is 5.52 Å². The molecule has 1 aromatic heterocycles. The van der Waals surface area contributed by atoms with E-state index in [-0.39, 0.29) is 0 Å². The first kappa shape index (κ1) is 8.13. The molecule has 1 aromatic carbocycles. The molecule has 0 bridgehead atoms. The van der Waals surface area contributed by atoms with Crippen LogP contribution in [0.5, 0.6) is 0 Å². The number of nitrogens with two attached hydrogens (primary N) is 1. The molecule has 66 valence electrons. The van der Waals surface area contributed by atoms with Gasteiger partial charge in [0.15, 0.2) is 0 Å². The van der Waals surface area contributed by atoms with Gasteiger partial charge in [-0.05, 0) is 12.1 Å². The molecule has 0 saturated carbocycles. The standard InChI is InChI=1S/C9H7ClN2O/c10-8-5-6-3-1-2-4-7(6)12(8)9(11)13/h1-5H,(H2,11,13). The van der Waals surface area contributed by atoms with Gasteiger partial charge in [-0.15, -0.1) is 0 Å². The van der Waals surface area contributed by atoms with E-state index in [0.717, 1.165) is 10.9 Å². The van der Waals surface area contributed by atoms with E-state index in [1.54, 1.807) is 12.1 Å². The van der Waals surface area contributed by atoms with Gasteiger partial charge in [-0.25, -0.2) is 4.79 Å². The van der Waals surface area contributed by atoms with Crippen LogP contribution in [0.2, 0.25) is 5.15 Å². The summed E-state index contributed by atoms with van der Waals surface area (Å²) in [6.07, 6.45) is 0. The number of amides is 1. The second kappa shape index (κ2) is 2.78. The van der Waals surface area contributed by atoms with Gasteiger partial charge in [0.1, 0.15) is 5.15 Å². The molecule has 0 aliphatic carbocycles. The molecule has 0 fully saturated rings. The Morgan fingerprint density at radius 3 is 2.77 bits per heavy atom. The van der Waals surface area contributed by atoms with Crippen LogP contribution in [0.1, 0.15) is 0 Å². The number of rotatable bonds is 0. The van der Waals surface area contributed by atoms with Crippen molar-refractivity contribution in [3.05, 3.63) is 35.5 Å². The molecule has 13 heavy (non-hydrogen) atoms. The Labute approximate surface area is 79.7 Å². The smallest absolute Gasteiger partial charge is 0.324 e. The normalized spacial score (nSPS) is 10.5. The molecule has 0 spiro atoms. The minimum Gasteiger partial charge on any atom is -0.351 e. The SMILES string of the molecule is NC(=O)n1c(Cl)cc2ccccc21. The zero-order chi connectivity index (χ0) is 9.42. The van der Waals surface area contributed by atoms with Crippen molar-refractivity contribution in [3.63, 3.8) is 0 Å². The van der Waals surface area contributed by atoms with E-state index in [1.165, 1.54) is 4.57 Å². The quantitative estimate of drug-likeness (QED) is 0.687. The maximum absolute atomic E-state index is 11.0. The molecule has 2 aromatic rings. The average Bonchev–Trinajstić information content (AvgIpc) is 2.39. The summed E-state index contributed by atoms with van der Waals surface area (Å²) in [6.45, 7) is 0. The van der Waals surface area contributed by atoms with Gasteiger partial charge in [0.25, 0.3) is 0 Å². The van der Waals surface area contributed by atoms with E-state index < -0.39 is 6.03 Å². The van der Waals surface area contributed by atoms with Crippen LogP contribution in [0.25, 0.3) is 10.9 Å². The molecule has 0 radical (unpaired) electrons. The van der Waals surface area contributed by atoms with Crippen LogP contribution in [0.3, 0.4) is 0 Å². The number of benzene rings is 1. The molecule has 0 unspecified atom stereocenters. The van der Waals surface area contributed by atoms with Crippen molar-refractivity contribution in [3.8, 4) is 0 Å². The van der Waals surface area contributed by atoms with Gasteiger partial charge in [0.2, 0.25) is 0 Å². The van der Waals surface area contributed by atoms with Crippen molar-refractivity contribution in [2.45, 2.75) is 0 Å². The van der Waals surface area contributed by atoms with Crippen LogP contribution < -0.4 is 5.73 Å². The van der Waals surface area contributed by atoms with Crippen molar-refractivity contribution in [1.82, 2.24) is 4.57 Å². The van der Waals surface area contributed by atoms with Crippen molar-refractivity contribution < 1.29 is 4.79 Å². The number of carbonyl (C=O) groups excluding carboxylic acids is 1. The number of nitrogens with zero attached hydrogens (tertiary/aromatic N) is 1. The molecule has 0 aliphatic rings. The summed E-state index contributed by atoms with van der Waals surface area (Å²) in [5.41, 5.74) is 5.90. The highest BCUT2D eigenvalue weighted by Crippen LogP contribution is 2.22. The second-order valence-corrected chi connectivity index (χ2v) is 3.09. The molecule has 1 heterocycles. The maximum atomic E-state index is 11.0. The molecule has 3 nitrogen and oxygen atoms in total. The monoisotopic (exact) mass is 194 g/mol. The van der Waals surface area contributed by atoms with Crippen LogP contribution in [0.4, 0.5) is 4.79 Å². The number of carbonyl (C=O) groups is 1. The minimum absolute atomic E-state index is 0.341. The van der Waals surface area contributed by atoms with Gasteiger partial charge in [0, 0.05) is 5.39 Å².